The van der Waals surface area contributed by atoms with Crippen LogP contribution in [0, 0.1) is 5.92 Å². The lowest BCUT2D eigenvalue weighted by atomic mass is 9.73. The molecule has 1 aliphatic rings. The Morgan fingerprint density at radius 1 is 1.69 bits per heavy atom. The van der Waals surface area contributed by atoms with Gasteiger partial charge in [-0.1, -0.05) is 25.9 Å². The molecule has 3 nitrogen and oxygen atoms in total. The molecule has 0 amide bonds. The van der Waals surface area contributed by atoms with Crippen LogP contribution in [0.3, 0.4) is 0 Å². The molecule has 0 radical (unpaired) electrons. The normalized spacial score (nSPS) is 32.5. The fourth-order valence-electron chi connectivity index (χ4n) is 2.20. The number of rotatable bonds is 1. The summed E-state index contributed by atoms with van der Waals surface area (Å²) in [6.07, 6.45) is 2.65. The molecule has 72 valence electrons. The van der Waals surface area contributed by atoms with Crippen LogP contribution in [0.1, 0.15) is 32.1 Å². The number of hydrogen-bond acceptors (Lipinski definition) is 3. The lowest BCUT2D eigenvalue weighted by Gasteiger charge is -2.33. The van der Waals surface area contributed by atoms with Crippen molar-refractivity contribution in [3.05, 3.63) is 17.5 Å². The summed E-state index contributed by atoms with van der Waals surface area (Å²) in [5.74, 6) is 1.49. The van der Waals surface area contributed by atoms with Crippen molar-refractivity contribution in [3.63, 3.8) is 0 Å². The predicted molar refractivity (Wildman–Crippen MR) is 50.4 cm³/mol. The van der Waals surface area contributed by atoms with Gasteiger partial charge in [-0.25, -0.2) is 0 Å². The van der Waals surface area contributed by atoms with Crippen molar-refractivity contribution in [3.8, 4) is 0 Å². The summed E-state index contributed by atoms with van der Waals surface area (Å²) in [6, 6.07) is 0.171. The van der Waals surface area contributed by atoms with Gasteiger partial charge in [0, 0.05) is 23.4 Å². The molecule has 2 N–H and O–H groups in total. The first-order chi connectivity index (χ1) is 6.06. The van der Waals surface area contributed by atoms with Crippen LogP contribution >= 0.6 is 0 Å². The third-order valence-electron chi connectivity index (χ3n) is 3.60. The lowest BCUT2D eigenvalue weighted by Crippen LogP contribution is -2.43. The van der Waals surface area contributed by atoms with Crippen molar-refractivity contribution in [1.82, 2.24) is 5.16 Å². The lowest BCUT2D eigenvalue weighted by molar-refractivity contribution is 0.291. The van der Waals surface area contributed by atoms with Gasteiger partial charge in [0.1, 0.15) is 5.76 Å². The van der Waals surface area contributed by atoms with Crippen LogP contribution in [0.2, 0.25) is 0 Å². The van der Waals surface area contributed by atoms with Crippen LogP contribution in [0.15, 0.2) is 10.7 Å². The van der Waals surface area contributed by atoms with Gasteiger partial charge in [0.25, 0.3) is 0 Å². The molecule has 3 heteroatoms. The van der Waals surface area contributed by atoms with E-state index in [9.17, 15) is 0 Å². The minimum absolute atomic E-state index is 0.0370. The minimum atomic E-state index is 0.0370. The SMILES string of the molecule is CC(C)C1(C)c2cnoc2CC1N. The van der Waals surface area contributed by atoms with Crippen molar-refractivity contribution >= 4 is 0 Å². The second kappa shape index (κ2) is 2.58. The highest BCUT2D eigenvalue weighted by atomic mass is 16.5. The van der Waals surface area contributed by atoms with Crippen LogP contribution in [0.25, 0.3) is 0 Å². The highest BCUT2D eigenvalue weighted by Crippen LogP contribution is 2.42. The first-order valence-electron chi connectivity index (χ1n) is 4.76. The summed E-state index contributed by atoms with van der Waals surface area (Å²) >= 11 is 0. The summed E-state index contributed by atoms with van der Waals surface area (Å²) in [5.41, 5.74) is 7.36. The first kappa shape index (κ1) is 8.75. The molecule has 0 saturated heterocycles. The molecule has 0 fully saturated rings. The molecule has 0 spiro atoms. The fraction of sp³-hybridized carbons (Fsp3) is 0.700. The van der Waals surface area contributed by atoms with Crippen molar-refractivity contribution in [1.29, 1.82) is 0 Å². The van der Waals surface area contributed by atoms with E-state index in [4.69, 9.17) is 10.3 Å². The van der Waals surface area contributed by atoms with Crippen LogP contribution in [0.5, 0.6) is 0 Å². The third-order valence-corrected chi connectivity index (χ3v) is 3.60. The highest BCUT2D eigenvalue weighted by Gasteiger charge is 2.45. The monoisotopic (exact) mass is 180 g/mol. The van der Waals surface area contributed by atoms with E-state index in [1.807, 2.05) is 6.20 Å². The average molecular weight is 180 g/mol. The van der Waals surface area contributed by atoms with Crippen molar-refractivity contribution < 1.29 is 4.52 Å². The minimum Gasteiger partial charge on any atom is -0.361 e. The zero-order valence-electron chi connectivity index (χ0n) is 8.37. The van der Waals surface area contributed by atoms with Crippen molar-refractivity contribution in [2.75, 3.05) is 0 Å². The number of aromatic nitrogens is 1. The Morgan fingerprint density at radius 2 is 2.38 bits per heavy atom. The van der Waals surface area contributed by atoms with E-state index in [-0.39, 0.29) is 11.5 Å². The molecule has 13 heavy (non-hydrogen) atoms. The maximum atomic E-state index is 6.12. The Kier molecular flexibility index (Phi) is 1.74. The molecular formula is C10H16N2O. The molecule has 1 aliphatic carbocycles. The van der Waals surface area contributed by atoms with E-state index in [2.05, 4.69) is 25.9 Å². The Morgan fingerprint density at radius 3 is 3.00 bits per heavy atom. The molecule has 1 heterocycles. The van der Waals surface area contributed by atoms with Gasteiger partial charge in [0.05, 0.1) is 6.20 Å². The summed E-state index contributed by atoms with van der Waals surface area (Å²) < 4.78 is 5.16. The van der Waals surface area contributed by atoms with Crippen molar-refractivity contribution in [2.24, 2.45) is 11.7 Å². The van der Waals surface area contributed by atoms with Crippen LogP contribution in [0.4, 0.5) is 0 Å². The van der Waals surface area contributed by atoms with E-state index < -0.39 is 0 Å². The summed E-state index contributed by atoms with van der Waals surface area (Å²) in [4.78, 5) is 0. The van der Waals surface area contributed by atoms with Gasteiger partial charge in [-0.3, -0.25) is 0 Å². The maximum absolute atomic E-state index is 6.12. The zero-order chi connectivity index (χ0) is 9.64. The standard InChI is InChI=1S/C10H16N2O/c1-6(2)10(3)7-5-12-13-8(7)4-9(10)11/h5-6,9H,4,11H2,1-3H3. The molecule has 2 atom stereocenters. The van der Waals surface area contributed by atoms with E-state index in [1.54, 1.807) is 0 Å². The van der Waals surface area contributed by atoms with Crippen molar-refractivity contribution in [2.45, 2.75) is 38.6 Å². The van der Waals surface area contributed by atoms with Crippen LogP contribution in [-0.2, 0) is 11.8 Å². The van der Waals surface area contributed by atoms with Crippen LogP contribution in [-0.4, -0.2) is 11.2 Å². The third kappa shape index (κ3) is 0.967. The quantitative estimate of drug-likeness (QED) is 0.712. The molecular weight excluding hydrogens is 164 g/mol. The number of nitrogens with two attached hydrogens (primary N) is 1. The summed E-state index contributed by atoms with van der Waals surface area (Å²) in [7, 11) is 0. The summed E-state index contributed by atoms with van der Waals surface area (Å²) in [6.45, 7) is 6.59. The van der Waals surface area contributed by atoms with Gasteiger partial charge in [0.2, 0.25) is 0 Å². The molecule has 1 aromatic rings. The van der Waals surface area contributed by atoms with E-state index in [0.717, 1.165) is 12.2 Å². The first-order valence-corrected chi connectivity index (χ1v) is 4.76. The fourth-order valence-corrected chi connectivity index (χ4v) is 2.20. The van der Waals surface area contributed by atoms with E-state index in [0.29, 0.717) is 5.92 Å². The van der Waals surface area contributed by atoms with Gasteiger partial charge in [-0.15, -0.1) is 0 Å². The Bertz CT molecular complexity index is 318. The molecule has 0 bridgehead atoms. The molecule has 0 saturated carbocycles. The van der Waals surface area contributed by atoms with Gasteiger partial charge < -0.3 is 10.3 Å². The molecule has 0 aliphatic heterocycles. The van der Waals surface area contributed by atoms with E-state index >= 15 is 0 Å². The number of hydrogen-bond donors (Lipinski definition) is 1. The topological polar surface area (TPSA) is 52.0 Å². The molecule has 0 aromatic carbocycles. The van der Waals surface area contributed by atoms with Gasteiger partial charge in [-0.2, -0.15) is 0 Å². The number of fused-ring (bicyclic) bond motifs is 1. The summed E-state index contributed by atoms with van der Waals surface area (Å²) in [5, 5.41) is 3.83. The Hall–Kier alpha value is -0.830. The van der Waals surface area contributed by atoms with Gasteiger partial charge in [0.15, 0.2) is 0 Å². The van der Waals surface area contributed by atoms with Gasteiger partial charge in [-0.05, 0) is 5.92 Å². The number of nitrogens with zero attached hydrogens (tertiary/aromatic N) is 1. The molecule has 2 unspecified atom stereocenters. The molecule has 1 aromatic heterocycles. The van der Waals surface area contributed by atoms with Gasteiger partial charge >= 0.3 is 0 Å². The largest absolute Gasteiger partial charge is 0.361 e. The van der Waals surface area contributed by atoms with E-state index in [1.165, 1.54) is 5.56 Å². The Labute approximate surface area is 78.3 Å². The molecule has 2 rings (SSSR count). The predicted octanol–water partition coefficient (Wildman–Crippen LogP) is 1.47. The maximum Gasteiger partial charge on any atom is 0.142 e. The second-order valence-corrected chi connectivity index (χ2v) is 4.41. The van der Waals surface area contributed by atoms with Crippen LogP contribution < -0.4 is 5.73 Å². The average Bonchev–Trinajstić information content (AvgIpc) is 2.57. The second-order valence-electron chi connectivity index (χ2n) is 4.41. The smallest absolute Gasteiger partial charge is 0.142 e. The highest BCUT2D eigenvalue weighted by molar-refractivity contribution is 5.34. The zero-order valence-corrected chi connectivity index (χ0v) is 8.37. The Balaban J connectivity index is 2.50.